The number of nitrogens with zero attached hydrogens (tertiary/aromatic N) is 1. The van der Waals surface area contributed by atoms with E-state index in [1.165, 1.54) is 37.0 Å². The summed E-state index contributed by atoms with van der Waals surface area (Å²) in [4.78, 5) is 49.6. The molecule has 33 heavy (non-hydrogen) atoms. The zero-order valence-electron chi connectivity index (χ0n) is 20.0. The van der Waals surface area contributed by atoms with Crippen LogP contribution in [0.3, 0.4) is 0 Å². The molecule has 0 bridgehead atoms. The highest BCUT2D eigenvalue weighted by atomic mass is 32.1. The number of rotatable bonds is 15. The zero-order valence-corrected chi connectivity index (χ0v) is 20.8. The van der Waals surface area contributed by atoms with Crippen LogP contribution in [0.15, 0.2) is 0 Å². The number of amides is 2. The number of hydrogen-bond donors (Lipinski definition) is 2. The normalized spacial score (nSPS) is 15.5. The maximum atomic E-state index is 12.3. The molecule has 1 aliphatic heterocycles. The smallest absolute Gasteiger partial charge is 0.308 e. The molecule has 1 aliphatic rings. The van der Waals surface area contributed by atoms with E-state index in [0.29, 0.717) is 19.7 Å². The van der Waals surface area contributed by atoms with Crippen LogP contribution >= 0.6 is 12.2 Å². The van der Waals surface area contributed by atoms with Crippen LogP contribution < -0.4 is 10.6 Å². The minimum absolute atomic E-state index is 0.0552. The first-order chi connectivity index (χ1) is 15.9. The second kappa shape index (κ2) is 17.3. The molecule has 188 valence electrons. The molecular formula is C23H39N3O6S. The van der Waals surface area contributed by atoms with Gasteiger partial charge < -0.3 is 25.0 Å². The minimum Gasteiger partial charge on any atom is -0.466 e. The molecule has 2 N–H and O–H groups in total. The lowest BCUT2D eigenvalue weighted by Crippen LogP contribution is -2.60. The topological polar surface area (TPSA) is 114 Å². The summed E-state index contributed by atoms with van der Waals surface area (Å²) in [6, 6.07) is -0.845. The molecule has 1 atom stereocenters. The highest BCUT2D eigenvalue weighted by molar-refractivity contribution is 7.80. The Balaban J connectivity index is 2.38. The van der Waals surface area contributed by atoms with Crippen molar-refractivity contribution in [3.63, 3.8) is 0 Å². The molecule has 1 rings (SSSR count). The van der Waals surface area contributed by atoms with Crippen LogP contribution in [0.2, 0.25) is 0 Å². The van der Waals surface area contributed by atoms with Crippen LogP contribution in [-0.2, 0) is 28.7 Å². The Morgan fingerprint density at radius 2 is 1.67 bits per heavy atom. The van der Waals surface area contributed by atoms with E-state index in [9.17, 15) is 19.2 Å². The summed E-state index contributed by atoms with van der Waals surface area (Å²) in [6.07, 6.45) is 8.90. The maximum Gasteiger partial charge on any atom is 0.308 e. The average molecular weight is 486 g/mol. The van der Waals surface area contributed by atoms with Crippen LogP contribution in [0.1, 0.15) is 84.5 Å². The standard InChI is InChI=1S/C23H39N3O6S/c1-3-5-6-7-8-9-10-11-16-32-21(29)17-18-22(30)24-14-15-26(18)23(33)25-19(27)12-13-20(28)31-4-2/h18H,3-17H2,1-2H3,(H,24,30)(H,25,27,33). The van der Waals surface area contributed by atoms with Crippen molar-refractivity contribution >= 4 is 41.1 Å². The van der Waals surface area contributed by atoms with Crippen molar-refractivity contribution in [2.75, 3.05) is 26.3 Å². The molecule has 1 fully saturated rings. The van der Waals surface area contributed by atoms with Crippen LogP contribution in [0.5, 0.6) is 0 Å². The molecule has 0 aliphatic carbocycles. The van der Waals surface area contributed by atoms with E-state index in [4.69, 9.17) is 21.7 Å². The fourth-order valence-corrected chi connectivity index (χ4v) is 3.83. The lowest BCUT2D eigenvalue weighted by atomic mass is 10.1. The van der Waals surface area contributed by atoms with Gasteiger partial charge in [-0.2, -0.15) is 0 Å². The summed E-state index contributed by atoms with van der Waals surface area (Å²) in [5.41, 5.74) is 0. The van der Waals surface area contributed by atoms with Gasteiger partial charge in [-0.05, 0) is 25.6 Å². The molecule has 1 unspecified atom stereocenters. The Bertz CT molecular complexity index is 658. The average Bonchev–Trinajstić information content (AvgIpc) is 2.78. The Hall–Kier alpha value is -2.23. The monoisotopic (exact) mass is 485 g/mol. The quantitative estimate of drug-likeness (QED) is 0.207. The lowest BCUT2D eigenvalue weighted by molar-refractivity contribution is -0.147. The third-order valence-corrected chi connectivity index (χ3v) is 5.66. The van der Waals surface area contributed by atoms with Gasteiger partial charge in [0.25, 0.3) is 0 Å². The fourth-order valence-electron chi connectivity index (χ4n) is 3.50. The molecule has 2 amide bonds. The first-order valence-electron chi connectivity index (χ1n) is 12.1. The van der Waals surface area contributed by atoms with E-state index in [1.54, 1.807) is 6.92 Å². The first kappa shape index (κ1) is 28.8. The summed E-state index contributed by atoms with van der Waals surface area (Å²) < 4.78 is 10.1. The fraction of sp³-hybridized carbons (Fsp3) is 0.783. The summed E-state index contributed by atoms with van der Waals surface area (Å²) in [7, 11) is 0. The number of nitrogens with one attached hydrogen (secondary N) is 2. The second-order valence-corrected chi connectivity index (χ2v) is 8.44. The van der Waals surface area contributed by atoms with Gasteiger partial charge >= 0.3 is 11.9 Å². The van der Waals surface area contributed by atoms with Crippen molar-refractivity contribution in [1.82, 2.24) is 15.5 Å². The third kappa shape index (κ3) is 12.6. The molecule has 0 aromatic rings. The Kier molecular flexibility index (Phi) is 15.1. The summed E-state index contributed by atoms with van der Waals surface area (Å²) in [5.74, 6) is -1.72. The number of unbranched alkanes of at least 4 members (excludes halogenated alkanes) is 7. The molecule has 1 saturated heterocycles. The molecule has 0 aromatic carbocycles. The number of piperazine rings is 1. The molecule has 9 nitrogen and oxygen atoms in total. The predicted octanol–water partition coefficient (Wildman–Crippen LogP) is 2.61. The van der Waals surface area contributed by atoms with E-state index in [1.807, 2.05) is 0 Å². The van der Waals surface area contributed by atoms with Gasteiger partial charge in [-0.15, -0.1) is 0 Å². The van der Waals surface area contributed by atoms with Crippen LogP contribution in [-0.4, -0.2) is 66.1 Å². The Morgan fingerprint density at radius 1 is 1.00 bits per heavy atom. The molecule has 0 saturated carbocycles. The number of carbonyl (C=O) groups excluding carboxylic acids is 4. The molecule has 0 radical (unpaired) electrons. The van der Waals surface area contributed by atoms with Crippen LogP contribution in [0, 0.1) is 0 Å². The van der Waals surface area contributed by atoms with Crippen molar-refractivity contribution in [2.24, 2.45) is 0 Å². The van der Waals surface area contributed by atoms with Gasteiger partial charge in [-0.25, -0.2) is 0 Å². The SMILES string of the molecule is CCCCCCCCCCOC(=O)CC1C(=O)NCCN1C(=S)NC(=O)CCC(=O)OCC. The zero-order chi connectivity index (χ0) is 24.5. The largest absolute Gasteiger partial charge is 0.466 e. The van der Waals surface area contributed by atoms with E-state index in [-0.39, 0.29) is 36.9 Å². The van der Waals surface area contributed by atoms with E-state index in [2.05, 4.69) is 17.6 Å². The number of hydrogen-bond acceptors (Lipinski definition) is 7. The number of esters is 2. The number of carbonyl (C=O) groups is 4. The molecule has 1 heterocycles. The van der Waals surface area contributed by atoms with Gasteiger partial charge in [-0.3, -0.25) is 19.2 Å². The summed E-state index contributed by atoms with van der Waals surface area (Å²) in [5, 5.41) is 5.30. The van der Waals surface area contributed by atoms with Gasteiger partial charge in [0, 0.05) is 19.5 Å². The van der Waals surface area contributed by atoms with E-state index in [0.717, 1.165) is 19.3 Å². The minimum atomic E-state index is -0.845. The lowest BCUT2D eigenvalue weighted by Gasteiger charge is -2.36. The van der Waals surface area contributed by atoms with Gasteiger partial charge in [0.1, 0.15) is 6.04 Å². The van der Waals surface area contributed by atoms with Crippen molar-refractivity contribution in [3.05, 3.63) is 0 Å². The van der Waals surface area contributed by atoms with E-state index >= 15 is 0 Å². The highest BCUT2D eigenvalue weighted by Crippen LogP contribution is 2.12. The van der Waals surface area contributed by atoms with Gasteiger partial charge in [0.05, 0.1) is 26.1 Å². The molecular weight excluding hydrogens is 446 g/mol. The van der Waals surface area contributed by atoms with Gasteiger partial charge in [0.15, 0.2) is 5.11 Å². The second-order valence-electron chi connectivity index (χ2n) is 8.06. The first-order valence-corrected chi connectivity index (χ1v) is 12.5. The van der Waals surface area contributed by atoms with Gasteiger partial charge in [-0.1, -0.05) is 51.9 Å². The van der Waals surface area contributed by atoms with Gasteiger partial charge in [0.2, 0.25) is 11.8 Å². The maximum absolute atomic E-state index is 12.3. The Morgan fingerprint density at radius 3 is 2.33 bits per heavy atom. The van der Waals surface area contributed by atoms with Crippen LogP contribution in [0.4, 0.5) is 0 Å². The van der Waals surface area contributed by atoms with Crippen molar-refractivity contribution in [1.29, 1.82) is 0 Å². The summed E-state index contributed by atoms with van der Waals surface area (Å²) >= 11 is 5.28. The number of ether oxygens (including phenoxy) is 2. The summed E-state index contributed by atoms with van der Waals surface area (Å²) in [6.45, 7) is 5.17. The molecule has 0 spiro atoms. The van der Waals surface area contributed by atoms with E-state index < -0.39 is 23.9 Å². The predicted molar refractivity (Wildman–Crippen MR) is 128 cm³/mol. The molecule has 0 aromatic heterocycles. The third-order valence-electron chi connectivity index (χ3n) is 5.32. The van der Waals surface area contributed by atoms with Crippen molar-refractivity contribution in [2.45, 2.75) is 90.5 Å². The number of thiocarbonyl (C=S) groups is 1. The Labute approximate surface area is 202 Å². The van der Waals surface area contributed by atoms with Crippen LogP contribution in [0.25, 0.3) is 0 Å². The highest BCUT2D eigenvalue weighted by Gasteiger charge is 2.34. The molecule has 10 heteroatoms. The van der Waals surface area contributed by atoms with Crippen molar-refractivity contribution < 1.29 is 28.7 Å². The van der Waals surface area contributed by atoms with Crippen molar-refractivity contribution in [3.8, 4) is 0 Å².